The maximum atomic E-state index is 11.5. The maximum absolute atomic E-state index is 11.5. The van der Waals surface area contributed by atoms with Crippen molar-refractivity contribution in [3.63, 3.8) is 0 Å². The van der Waals surface area contributed by atoms with Crippen LogP contribution >= 0.6 is 0 Å². The molecule has 0 saturated carbocycles. The Labute approximate surface area is 86.6 Å². The predicted molar refractivity (Wildman–Crippen MR) is 58.3 cm³/mol. The molecule has 82 valence electrons. The van der Waals surface area contributed by atoms with Gasteiger partial charge in [-0.25, -0.2) is 0 Å². The fourth-order valence-electron chi connectivity index (χ4n) is 2.12. The minimum Gasteiger partial charge on any atom is -0.317 e. The van der Waals surface area contributed by atoms with E-state index < -0.39 is 0 Å². The third-order valence-corrected chi connectivity index (χ3v) is 2.81. The molecule has 1 rings (SSSR count). The zero-order valence-corrected chi connectivity index (χ0v) is 9.47. The average molecular weight is 198 g/mol. The van der Waals surface area contributed by atoms with Crippen molar-refractivity contribution in [2.24, 2.45) is 5.92 Å². The van der Waals surface area contributed by atoms with E-state index in [0.717, 1.165) is 25.9 Å². The third kappa shape index (κ3) is 3.39. The maximum Gasteiger partial charge on any atom is 0.146 e. The van der Waals surface area contributed by atoms with Gasteiger partial charge in [-0.15, -0.1) is 0 Å². The summed E-state index contributed by atoms with van der Waals surface area (Å²) >= 11 is 0. The molecule has 1 unspecified atom stereocenters. The Kier molecular flexibility index (Phi) is 4.55. The first-order valence-electron chi connectivity index (χ1n) is 5.58. The van der Waals surface area contributed by atoms with Crippen molar-refractivity contribution in [1.82, 2.24) is 10.6 Å². The molecule has 1 fully saturated rings. The fraction of sp³-hybridized carbons (Fsp3) is 0.909. The van der Waals surface area contributed by atoms with Gasteiger partial charge in [-0.05, 0) is 38.8 Å². The first-order chi connectivity index (χ1) is 6.61. The topological polar surface area (TPSA) is 41.1 Å². The highest BCUT2D eigenvalue weighted by molar-refractivity contribution is 5.81. The van der Waals surface area contributed by atoms with E-state index in [-0.39, 0.29) is 11.8 Å². The molecule has 0 aromatic heterocycles. The molecule has 1 saturated heterocycles. The normalized spacial score (nSPS) is 21.1. The number of nitrogens with one attached hydrogen (secondary N) is 2. The van der Waals surface area contributed by atoms with Crippen molar-refractivity contribution in [2.75, 3.05) is 13.1 Å². The summed E-state index contributed by atoms with van der Waals surface area (Å²) in [5, 5.41) is 6.69. The summed E-state index contributed by atoms with van der Waals surface area (Å²) in [6.45, 7) is 7.98. The second-order valence-electron chi connectivity index (χ2n) is 4.50. The van der Waals surface area contributed by atoms with Crippen LogP contribution in [0.2, 0.25) is 0 Å². The molecule has 0 radical (unpaired) electrons. The molecular formula is C11H22N2O. The van der Waals surface area contributed by atoms with Crippen LogP contribution in [-0.2, 0) is 4.79 Å². The van der Waals surface area contributed by atoms with Crippen LogP contribution in [0.4, 0.5) is 0 Å². The first kappa shape index (κ1) is 11.7. The molecule has 1 aliphatic heterocycles. The van der Waals surface area contributed by atoms with E-state index in [1.54, 1.807) is 6.92 Å². The molecule has 0 aliphatic carbocycles. The number of rotatable bonds is 4. The Morgan fingerprint density at radius 2 is 1.93 bits per heavy atom. The van der Waals surface area contributed by atoms with Crippen LogP contribution in [0.5, 0.6) is 0 Å². The molecule has 0 aromatic carbocycles. The summed E-state index contributed by atoms with van der Waals surface area (Å²) in [6, 6.07) is 0.455. The van der Waals surface area contributed by atoms with Gasteiger partial charge in [-0.1, -0.05) is 13.8 Å². The lowest BCUT2D eigenvalue weighted by Gasteiger charge is -2.31. The number of Topliss-reactive ketones (excluding diaryl/α,β-unsaturated/α-hetero) is 1. The van der Waals surface area contributed by atoms with Crippen LogP contribution in [0, 0.1) is 5.92 Å². The number of hydrogen-bond donors (Lipinski definition) is 2. The van der Waals surface area contributed by atoms with Crippen molar-refractivity contribution in [3.05, 3.63) is 0 Å². The Morgan fingerprint density at radius 3 is 2.36 bits per heavy atom. The summed E-state index contributed by atoms with van der Waals surface area (Å²) in [4.78, 5) is 11.5. The van der Waals surface area contributed by atoms with E-state index >= 15 is 0 Å². The van der Waals surface area contributed by atoms with Gasteiger partial charge in [-0.2, -0.15) is 0 Å². The van der Waals surface area contributed by atoms with Crippen LogP contribution in [0.1, 0.15) is 33.6 Å². The molecule has 0 spiro atoms. The van der Waals surface area contributed by atoms with Crippen LogP contribution in [-0.4, -0.2) is 31.0 Å². The highest BCUT2D eigenvalue weighted by Gasteiger charge is 2.26. The van der Waals surface area contributed by atoms with Gasteiger partial charge < -0.3 is 10.6 Å². The highest BCUT2D eigenvalue weighted by atomic mass is 16.1. The summed E-state index contributed by atoms with van der Waals surface area (Å²) in [5.41, 5.74) is 0. The molecule has 0 aromatic rings. The zero-order valence-electron chi connectivity index (χ0n) is 9.47. The summed E-state index contributed by atoms with van der Waals surface area (Å²) in [7, 11) is 0. The second kappa shape index (κ2) is 5.47. The molecule has 1 aliphatic rings. The van der Waals surface area contributed by atoms with Gasteiger partial charge in [0, 0.05) is 6.04 Å². The van der Waals surface area contributed by atoms with Crippen LogP contribution in [0.15, 0.2) is 0 Å². The number of hydrogen-bond acceptors (Lipinski definition) is 3. The number of piperidine rings is 1. The van der Waals surface area contributed by atoms with E-state index in [4.69, 9.17) is 0 Å². The van der Waals surface area contributed by atoms with E-state index in [1.165, 1.54) is 0 Å². The minimum atomic E-state index is 0.0668. The van der Waals surface area contributed by atoms with Crippen molar-refractivity contribution in [1.29, 1.82) is 0 Å². The van der Waals surface area contributed by atoms with Gasteiger partial charge >= 0.3 is 0 Å². The monoisotopic (exact) mass is 198 g/mol. The number of ketones is 1. The van der Waals surface area contributed by atoms with E-state index in [9.17, 15) is 4.79 Å². The Bertz CT molecular complexity index is 186. The molecule has 1 atom stereocenters. The van der Waals surface area contributed by atoms with Gasteiger partial charge in [0.05, 0.1) is 6.04 Å². The average Bonchev–Trinajstić information content (AvgIpc) is 2.15. The summed E-state index contributed by atoms with van der Waals surface area (Å²) in [5.74, 6) is 0.807. The number of carbonyl (C=O) groups is 1. The van der Waals surface area contributed by atoms with E-state index in [2.05, 4.69) is 24.5 Å². The lowest BCUT2D eigenvalue weighted by molar-refractivity contribution is -0.120. The van der Waals surface area contributed by atoms with Crippen molar-refractivity contribution in [3.8, 4) is 0 Å². The molecule has 14 heavy (non-hydrogen) atoms. The van der Waals surface area contributed by atoms with Crippen molar-refractivity contribution in [2.45, 2.75) is 45.7 Å². The molecule has 3 heteroatoms. The quantitative estimate of drug-likeness (QED) is 0.706. The van der Waals surface area contributed by atoms with E-state index in [0.29, 0.717) is 12.0 Å². The molecule has 0 bridgehead atoms. The van der Waals surface area contributed by atoms with Crippen molar-refractivity contribution < 1.29 is 4.79 Å². The van der Waals surface area contributed by atoms with Crippen LogP contribution in [0.25, 0.3) is 0 Å². The molecule has 3 nitrogen and oxygen atoms in total. The minimum absolute atomic E-state index is 0.0668. The molecular weight excluding hydrogens is 176 g/mol. The molecule has 1 heterocycles. The third-order valence-electron chi connectivity index (χ3n) is 2.81. The number of carbonyl (C=O) groups excluding carboxylic acids is 1. The Morgan fingerprint density at radius 1 is 1.36 bits per heavy atom. The summed E-state index contributed by atoms with van der Waals surface area (Å²) < 4.78 is 0. The van der Waals surface area contributed by atoms with Gasteiger partial charge in [0.1, 0.15) is 5.78 Å². The Balaban J connectivity index is 2.51. The van der Waals surface area contributed by atoms with Gasteiger partial charge in [0.25, 0.3) is 0 Å². The van der Waals surface area contributed by atoms with Crippen molar-refractivity contribution >= 4 is 5.78 Å². The van der Waals surface area contributed by atoms with Gasteiger partial charge in [-0.3, -0.25) is 4.79 Å². The smallest absolute Gasteiger partial charge is 0.146 e. The summed E-state index contributed by atoms with van der Waals surface area (Å²) in [6.07, 6.45) is 2.23. The SMILES string of the molecule is CC(=O)C(NC(C)C)C1CCNCC1. The lowest BCUT2D eigenvalue weighted by atomic mass is 9.88. The highest BCUT2D eigenvalue weighted by Crippen LogP contribution is 2.17. The molecule has 0 amide bonds. The Hall–Kier alpha value is -0.410. The lowest BCUT2D eigenvalue weighted by Crippen LogP contribution is -2.48. The van der Waals surface area contributed by atoms with E-state index in [1.807, 2.05) is 0 Å². The zero-order chi connectivity index (χ0) is 10.6. The van der Waals surface area contributed by atoms with Gasteiger partial charge in [0.15, 0.2) is 0 Å². The standard InChI is InChI=1S/C11H22N2O/c1-8(2)13-11(9(3)14)10-4-6-12-7-5-10/h8,10-13H,4-7H2,1-3H3. The molecule has 2 N–H and O–H groups in total. The van der Waals surface area contributed by atoms with Crippen LogP contribution < -0.4 is 10.6 Å². The first-order valence-corrected chi connectivity index (χ1v) is 5.58. The largest absolute Gasteiger partial charge is 0.317 e. The van der Waals surface area contributed by atoms with Crippen LogP contribution in [0.3, 0.4) is 0 Å². The predicted octanol–water partition coefficient (Wildman–Crippen LogP) is 0.942. The van der Waals surface area contributed by atoms with Gasteiger partial charge in [0.2, 0.25) is 0 Å². The second-order valence-corrected chi connectivity index (χ2v) is 4.50. The fourth-order valence-corrected chi connectivity index (χ4v) is 2.12.